The quantitative estimate of drug-likeness (QED) is 0.856. The number of amides is 1. The number of hydrogen-bond acceptors (Lipinski definition) is 4. The lowest BCUT2D eigenvalue weighted by molar-refractivity contribution is -0.115. The fourth-order valence-corrected chi connectivity index (χ4v) is 2.40. The number of carbonyl (C=O) groups excluding carboxylic acids is 2. The lowest BCUT2D eigenvalue weighted by Crippen LogP contribution is -2.35. The molecule has 2 aromatic carbocycles. The zero-order valence-electron chi connectivity index (χ0n) is 11.0. The van der Waals surface area contributed by atoms with Crippen LogP contribution in [0.2, 0.25) is 0 Å². The van der Waals surface area contributed by atoms with Crippen LogP contribution in [0, 0.1) is 11.3 Å². The van der Waals surface area contributed by atoms with Gasteiger partial charge < -0.3 is 10.2 Å². The molecule has 21 heavy (non-hydrogen) atoms. The summed E-state index contributed by atoms with van der Waals surface area (Å²) < 4.78 is 0. The smallest absolute Gasteiger partial charge is 0.244 e. The molecule has 5 nitrogen and oxygen atoms in total. The fourth-order valence-electron chi connectivity index (χ4n) is 2.40. The number of nitrogens with zero attached hydrogens (tertiary/aromatic N) is 2. The summed E-state index contributed by atoms with van der Waals surface area (Å²) in [6.45, 7) is 0.131. The van der Waals surface area contributed by atoms with Gasteiger partial charge in [0.25, 0.3) is 0 Å². The summed E-state index contributed by atoms with van der Waals surface area (Å²) in [6, 6.07) is 14.3. The van der Waals surface area contributed by atoms with Crippen LogP contribution in [0.4, 0.5) is 17.1 Å². The van der Waals surface area contributed by atoms with E-state index in [1.54, 1.807) is 17.0 Å². The minimum atomic E-state index is -0.142. The van der Waals surface area contributed by atoms with Crippen molar-refractivity contribution in [3.05, 3.63) is 53.6 Å². The van der Waals surface area contributed by atoms with E-state index < -0.39 is 0 Å². The molecule has 5 heteroatoms. The SMILES string of the molecule is N#Cc1cc(C=O)ccc1N1CC(=O)Nc2ccccc21. The van der Waals surface area contributed by atoms with Crippen LogP contribution < -0.4 is 10.2 Å². The Morgan fingerprint density at radius 3 is 2.76 bits per heavy atom. The number of benzene rings is 2. The van der Waals surface area contributed by atoms with E-state index in [2.05, 4.69) is 11.4 Å². The van der Waals surface area contributed by atoms with Gasteiger partial charge in [-0.05, 0) is 30.3 Å². The van der Waals surface area contributed by atoms with E-state index in [1.807, 2.05) is 24.3 Å². The van der Waals surface area contributed by atoms with Crippen molar-refractivity contribution in [2.75, 3.05) is 16.8 Å². The van der Waals surface area contributed by atoms with Gasteiger partial charge in [-0.15, -0.1) is 0 Å². The molecule has 0 radical (unpaired) electrons. The molecular formula is C16H11N3O2. The first-order valence-corrected chi connectivity index (χ1v) is 6.38. The van der Waals surface area contributed by atoms with Gasteiger partial charge in [-0.1, -0.05) is 12.1 Å². The van der Waals surface area contributed by atoms with Gasteiger partial charge in [0.1, 0.15) is 18.9 Å². The molecule has 0 spiro atoms. The number of nitrogens with one attached hydrogen (secondary N) is 1. The molecule has 2 aromatic rings. The van der Waals surface area contributed by atoms with E-state index in [1.165, 1.54) is 6.07 Å². The van der Waals surface area contributed by atoms with Gasteiger partial charge in [0.15, 0.2) is 0 Å². The average molecular weight is 277 g/mol. The molecule has 0 fully saturated rings. The van der Waals surface area contributed by atoms with Crippen molar-refractivity contribution < 1.29 is 9.59 Å². The van der Waals surface area contributed by atoms with Gasteiger partial charge in [0.2, 0.25) is 5.91 Å². The molecule has 3 rings (SSSR count). The molecule has 1 heterocycles. The molecular weight excluding hydrogens is 266 g/mol. The van der Waals surface area contributed by atoms with E-state index in [9.17, 15) is 14.9 Å². The standard InChI is InChI=1S/C16H11N3O2/c17-8-12-7-11(10-20)5-6-14(12)19-9-16(21)18-13-3-1-2-4-15(13)19/h1-7,10H,9H2,(H,18,21). The Morgan fingerprint density at radius 1 is 1.19 bits per heavy atom. The Bertz CT molecular complexity index is 777. The first-order chi connectivity index (χ1) is 10.2. The molecule has 0 aliphatic carbocycles. The average Bonchev–Trinajstić information content (AvgIpc) is 2.53. The molecule has 1 amide bonds. The molecule has 102 valence electrons. The third kappa shape index (κ3) is 2.23. The molecule has 1 N–H and O–H groups in total. The van der Waals surface area contributed by atoms with Gasteiger partial charge in [0.05, 0.1) is 22.6 Å². The van der Waals surface area contributed by atoms with Gasteiger partial charge in [-0.25, -0.2) is 0 Å². The molecule has 0 bridgehead atoms. The molecule has 0 saturated heterocycles. The van der Waals surface area contributed by atoms with E-state index in [4.69, 9.17) is 0 Å². The minimum Gasteiger partial charge on any atom is -0.329 e. The van der Waals surface area contributed by atoms with E-state index in [0.717, 1.165) is 5.69 Å². The summed E-state index contributed by atoms with van der Waals surface area (Å²) in [4.78, 5) is 24.4. The van der Waals surface area contributed by atoms with Crippen LogP contribution in [0.3, 0.4) is 0 Å². The molecule has 0 atom stereocenters. The topological polar surface area (TPSA) is 73.2 Å². The van der Waals surface area contributed by atoms with Crippen molar-refractivity contribution in [2.45, 2.75) is 0 Å². The van der Waals surface area contributed by atoms with Crippen LogP contribution in [-0.4, -0.2) is 18.7 Å². The van der Waals surface area contributed by atoms with Crippen molar-refractivity contribution in [2.24, 2.45) is 0 Å². The fraction of sp³-hybridized carbons (Fsp3) is 0.0625. The summed E-state index contributed by atoms with van der Waals surface area (Å²) in [5, 5.41) is 12.1. The zero-order valence-corrected chi connectivity index (χ0v) is 11.0. The summed E-state index contributed by atoms with van der Waals surface area (Å²) >= 11 is 0. The first kappa shape index (κ1) is 12.9. The number of fused-ring (bicyclic) bond motifs is 1. The summed E-state index contributed by atoms with van der Waals surface area (Å²) in [6.07, 6.45) is 0.696. The van der Waals surface area contributed by atoms with Gasteiger partial charge >= 0.3 is 0 Å². The van der Waals surface area contributed by atoms with Crippen LogP contribution in [-0.2, 0) is 4.79 Å². The summed E-state index contributed by atoms with van der Waals surface area (Å²) in [5.41, 5.74) is 2.95. The Morgan fingerprint density at radius 2 is 2.00 bits per heavy atom. The molecule has 0 unspecified atom stereocenters. The highest BCUT2D eigenvalue weighted by molar-refractivity contribution is 6.03. The van der Waals surface area contributed by atoms with E-state index >= 15 is 0 Å². The number of anilines is 3. The monoisotopic (exact) mass is 277 g/mol. The van der Waals surface area contributed by atoms with Gasteiger partial charge in [-0.2, -0.15) is 5.26 Å². The predicted molar refractivity (Wildman–Crippen MR) is 78.6 cm³/mol. The molecule has 1 aliphatic heterocycles. The lowest BCUT2D eigenvalue weighted by atomic mass is 10.1. The first-order valence-electron chi connectivity index (χ1n) is 6.38. The van der Waals surface area contributed by atoms with Crippen LogP contribution in [0.25, 0.3) is 0 Å². The Kier molecular flexibility index (Phi) is 3.13. The Labute approximate surface area is 121 Å². The minimum absolute atomic E-state index is 0.131. The third-order valence-corrected chi connectivity index (χ3v) is 3.34. The van der Waals surface area contributed by atoms with Gasteiger partial charge in [0, 0.05) is 5.56 Å². The number of para-hydroxylation sites is 2. The summed E-state index contributed by atoms with van der Waals surface area (Å²) in [5.74, 6) is -0.142. The maximum Gasteiger partial charge on any atom is 0.244 e. The van der Waals surface area contributed by atoms with Gasteiger partial charge in [-0.3, -0.25) is 9.59 Å². The highest BCUT2D eigenvalue weighted by Gasteiger charge is 2.24. The van der Waals surface area contributed by atoms with Crippen LogP contribution >= 0.6 is 0 Å². The number of hydrogen-bond donors (Lipinski definition) is 1. The van der Waals surface area contributed by atoms with Crippen molar-refractivity contribution in [3.8, 4) is 6.07 Å². The van der Waals surface area contributed by atoms with Crippen molar-refractivity contribution in [1.82, 2.24) is 0 Å². The largest absolute Gasteiger partial charge is 0.329 e. The predicted octanol–water partition coefficient (Wildman–Crippen LogP) is 2.46. The highest BCUT2D eigenvalue weighted by Crippen LogP contribution is 2.36. The van der Waals surface area contributed by atoms with Crippen LogP contribution in [0.15, 0.2) is 42.5 Å². The van der Waals surface area contributed by atoms with E-state index in [0.29, 0.717) is 28.8 Å². The highest BCUT2D eigenvalue weighted by atomic mass is 16.2. The second-order valence-electron chi connectivity index (χ2n) is 4.66. The van der Waals surface area contributed by atoms with Crippen molar-refractivity contribution >= 4 is 29.3 Å². The zero-order chi connectivity index (χ0) is 14.8. The maximum atomic E-state index is 11.8. The molecule has 0 saturated carbocycles. The number of nitriles is 1. The van der Waals surface area contributed by atoms with Crippen LogP contribution in [0.1, 0.15) is 15.9 Å². The molecule has 1 aliphatic rings. The number of carbonyl (C=O) groups is 2. The maximum absolute atomic E-state index is 11.8. The Balaban J connectivity index is 2.15. The third-order valence-electron chi connectivity index (χ3n) is 3.34. The van der Waals surface area contributed by atoms with Crippen molar-refractivity contribution in [3.63, 3.8) is 0 Å². The number of aldehydes is 1. The summed E-state index contributed by atoms with van der Waals surface area (Å²) in [7, 11) is 0. The Hall–Kier alpha value is -3.13. The second-order valence-corrected chi connectivity index (χ2v) is 4.66. The molecule has 0 aromatic heterocycles. The number of rotatable bonds is 2. The normalized spacial score (nSPS) is 13.1. The second kappa shape index (κ2) is 5.10. The van der Waals surface area contributed by atoms with E-state index in [-0.39, 0.29) is 12.5 Å². The van der Waals surface area contributed by atoms with Crippen LogP contribution in [0.5, 0.6) is 0 Å². The van der Waals surface area contributed by atoms with Crippen molar-refractivity contribution in [1.29, 1.82) is 5.26 Å². The lowest BCUT2D eigenvalue weighted by Gasteiger charge is -2.31.